The molecule has 1 heteroatoms. The second kappa shape index (κ2) is 5.72. The molecule has 0 unspecified atom stereocenters. The first-order valence-electron chi connectivity index (χ1n) is 9.16. The fraction of sp³-hybridized carbons (Fsp3) is 0.167. The molecule has 1 nitrogen and oxygen atoms in total. The molecule has 122 valence electrons. The van der Waals surface area contributed by atoms with Crippen LogP contribution in [0.4, 0.5) is 0 Å². The Balaban J connectivity index is 1.98. The van der Waals surface area contributed by atoms with Crippen molar-refractivity contribution in [1.82, 2.24) is 5.32 Å². The van der Waals surface area contributed by atoms with Crippen LogP contribution in [0, 0.1) is 0 Å². The minimum absolute atomic E-state index is 0.919. The predicted molar refractivity (Wildman–Crippen MR) is 110 cm³/mol. The number of hydrogen-bond donors (Lipinski definition) is 1. The quantitative estimate of drug-likeness (QED) is 0.235. The topological polar surface area (TPSA) is 12.0 Å². The van der Waals surface area contributed by atoms with Crippen molar-refractivity contribution >= 4 is 43.1 Å². The van der Waals surface area contributed by atoms with Gasteiger partial charge in [-0.3, -0.25) is 0 Å². The van der Waals surface area contributed by atoms with Crippen LogP contribution in [-0.4, -0.2) is 6.54 Å². The summed E-state index contributed by atoms with van der Waals surface area (Å²) in [7, 11) is 0. The fourth-order valence-electron chi connectivity index (χ4n) is 4.27. The SMILES string of the molecule is CCCNCc1c2ccccc2c2ccc3cccc4ccc1c2c43. The molecule has 0 aliphatic heterocycles. The van der Waals surface area contributed by atoms with Gasteiger partial charge in [-0.05, 0) is 61.6 Å². The van der Waals surface area contributed by atoms with Crippen molar-refractivity contribution in [2.45, 2.75) is 19.9 Å². The summed E-state index contributed by atoms with van der Waals surface area (Å²) in [5.41, 5.74) is 1.43. The van der Waals surface area contributed by atoms with E-state index in [1.54, 1.807) is 0 Å². The first-order valence-corrected chi connectivity index (χ1v) is 9.16. The van der Waals surface area contributed by atoms with E-state index in [4.69, 9.17) is 0 Å². The van der Waals surface area contributed by atoms with Gasteiger partial charge in [0.15, 0.2) is 0 Å². The van der Waals surface area contributed by atoms with Crippen molar-refractivity contribution in [3.05, 3.63) is 72.3 Å². The van der Waals surface area contributed by atoms with E-state index in [1.807, 2.05) is 0 Å². The molecule has 0 amide bonds. The van der Waals surface area contributed by atoms with E-state index < -0.39 is 0 Å². The highest BCUT2D eigenvalue weighted by molar-refractivity contribution is 6.30. The number of hydrogen-bond acceptors (Lipinski definition) is 1. The highest BCUT2D eigenvalue weighted by Crippen LogP contribution is 2.40. The number of nitrogens with one attached hydrogen (secondary N) is 1. The maximum atomic E-state index is 3.62. The minimum atomic E-state index is 0.919. The summed E-state index contributed by atoms with van der Waals surface area (Å²) in [5, 5.41) is 14.6. The fourth-order valence-corrected chi connectivity index (χ4v) is 4.27. The second-order valence-corrected chi connectivity index (χ2v) is 6.88. The molecule has 5 aromatic carbocycles. The lowest BCUT2D eigenvalue weighted by atomic mass is 9.88. The Morgan fingerprint density at radius 2 is 1.36 bits per heavy atom. The third-order valence-electron chi connectivity index (χ3n) is 5.37. The van der Waals surface area contributed by atoms with Gasteiger partial charge in [-0.1, -0.05) is 73.7 Å². The zero-order valence-electron chi connectivity index (χ0n) is 14.5. The van der Waals surface area contributed by atoms with E-state index in [0.29, 0.717) is 0 Å². The standard InChI is InChI=1S/C24H21N/c1-2-14-25-15-22-19-9-4-3-8-18(19)20-12-10-16-6-5-7-17-11-13-21(22)24(20)23(16)17/h3-13,25H,2,14-15H2,1H3. The zero-order valence-corrected chi connectivity index (χ0v) is 14.5. The van der Waals surface area contributed by atoms with Crippen LogP contribution in [-0.2, 0) is 6.54 Å². The van der Waals surface area contributed by atoms with E-state index in [2.05, 4.69) is 79.0 Å². The summed E-state index contributed by atoms with van der Waals surface area (Å²) in [6.07, 6.45) is 1.16. The van der Waals surface area contributed by atoms with Crippen LogP contribution in [0.15, 0.2) is 66.7 Å². The molecular formula is C24H21N. The summed E-state index contributed by atoms with van der Waals surface area (Å²) >= 11 is 0. The molecule has 0 aliphatic rings. The first-order chi connectivity index (χ1) is 12.4. The van der Waals surface area contributed by atoms with Crippen LogP contribution in [0.5, 0.6) is 0 Å². The molecule has 0 aromatic heterocycles. The molecule has 0 radical (unpaired) electrons. The van der Waals surface area contributed by atoms with Crippen molar-refractivity contribution in [1.29, 1.82) is 0 Å². The van der Waals surface area contributed by atoms with Crippen molar-refractivity contribution in [3.8, 4) is 0 Å². The molecule has 0 saturated carbocycles. The molecular weight excluding hydrogens is 302 g/mol. The number of benzene rings is 5. The molecule has 0 bridgehead atoms. The summed E-state index contributed by atoms with van der Waals surface area (Å²) < 4.78 is 0. The Bertz CT molecular complexity index is 1190. The van der Waals surface area contributed by atoms with Crippen LogP contribution in [0.3, 0.4) is 0 Å². The van der Waals surface area contributed by atoms with Gasteiger partial charge in [0, 0.05) is 6.54 Å². The summed E-state index contributed by atoms with van der Waals surface area (Å²) in [6, 6.07) is 24.6. The lowest BCUT2D eigenvalue weighted by molar-refractivity contribution is 0.680. The molecule has 0 aliphatic carbocycles. The predicted octanol–water partition coefficient (Wildman–Crippen LogP) is 6.24. The van der Waals surface area contributed by atoms with E-state index in [1.165, 1.54) is 48.7 Å². The van der Waals surface area contributed by atoms with Gasteiger partial charge in [-0.15, -0.1) is 0 Å². The molecule has 25 heavy (non-hydrogen) atoms. The Morgan fingerprint density at radius 3 is 2.12 bits per heavy atom. The highest BCUT2D eigenvalue weighted by Gasteiger charge is 2.15. The molecule has 1 N–H and O–H groups in total. The minimum Gasteiger partial charge on any atom is -0.313 e. The van der Waals surface area contributed by atoms with Gasteiger partial charge < -0.3 is 5.32 Å². The lowest BCUT2D eigenvalue weighted by Crippen LogP contribution is -2.14. The Kier molecular flexibility index (Phi) is 3.36. The maximum absolute atomic E-state index is 3.62. The average Bonchev–Trinajstić information content (AvgIpc) is 2.67. The first kappa shape index (κ1) is 14.7. The Morgan fingerprint density at radius 1 is 0.640 bits per heavy atom. The van der Waals surface area contributed by atoms with Crippen molar-refractivity contribution in [2.24, 2.45) is 0 Å². The van der Waals surface area contributed by atoms with Gasteiger partial charge in [-0.25, -0.2) is 0 Å². The van der Waals surface area contributed by atoms with Crippen LogP contribution in [0.1, 0.15) is 18.9 Å². The molecule has 0 atom stereocenters. The number of rotatable bonds is 4. The highest BCUT2D eigenvalue weighted by atomic mass is 14.8. The molecule has 5 aromatic rings. The molecule has 0 heterocycles. The van der Waals surface area contributed by atoms with E-state index >= 15 is 0 Å². The third-order valence-corrected chi connectivity index (χ3v) is 5.37. The van der Waals surface area contributed by atoms with Gasteiger partial charge in [-0.2, -0.15) is 0 Å². The molecule has 0 saturated heterocycles. The van der Waals surface area contributed by atoms with Crippen molar-refractivity contribution in [2.75, 3.05) is 6.54 Å². The summed E-state index contributed by atoms with van der Waals surface area (Å²) in [6.45, 7) is 4.19. The van der Waals surface area contributed by atoms with Crippen LogP contribution >= 0.6 is 0 Å². The monoisotopic (exact) mass is 323 g/mol. The lowest BCUT2D eigenvalue weighted by Gasteiger charge is -2.18. The zero-order chi connectivity index (χ0) is 16.8. The van der Waals surface area contributed by atoms with Gasteiger partial charge in [0.2, 0.25) is 0 Å². The van der Waals surface area contributed by atoms with Crippen molar-refractivity contribution < 1.29 is 0 Å². The number of fused-ring (bicyclic) bond motifs is 2. The summed E-state index contributed by atoms with van der Waals surface area (Å²) in [5.74, 6) is 0. The summed E-state index contributed by atoms with van der Waals surface area (Å²) in [4.78, 5) is 0. The van der Waals surface area contributed by atoms with E-state index in [0.717, 1.165) is 19.5 Å². The van der Waals surface area contributed by atoms with Crippen LogP contribution in [0.25, 0.3) is 43.1 Å². The van der Waals surface area contributed by atoms with Gasteiger partial charge in [0.25, 0.3) is 0 Å². The average molecular weight is 323 g/mol. The van der Waals surface area contributed by atoms with Gasteiger partial charge in [0.05, 0.1) is 0 Å². The molecule has 5 rings (SSSR count). The molecule has 0 fully saturated rings. The van der Waals surface area contributed by atoms with Crippen LogP contribution < -0.4 is 5.32 Å². The van der Waals surface area contributed by atoms with E-state index in [-0.39, 0.29) is 0 Å². The second-order valence-electron chi connectivity index (χ2n) is 6.88. The van der Waals surface area contributed by atoms with Crippen LogP contribution in [0.2, 0.25) is 0 Å². The van der Waals surface area contributed by atoms with Crippen molar-refractivity contribution in [3.63, 3.8) is 0 Å². The maximum Gasteiger partial charge on any atom is 0.0217 e. The third kappa shape index (κ3) is 2.13. The smallest absolute Gasteiger partial charge is 0.0217 e. The van der Waals surface area contributed by atoms with Gasteiger partial charge in [0.1, 0.15) is 0 Å². The Labute approximate surface area is 147 Å². The molecule has 0 spiro atoms. The van der Waals surface area contributed by atoms with E-state index in [9.17, 15) is 0 Å². The largest absolute Gasteiger partial charge is 0.313 e. The van der Waals surface area contributed by atoms with Gasteiger partial charge >= 0.3 is 0 Å². The Hall–Kier alpha value is -2.64. The normalized spacial score (nSPS) is 12.0.